The minimum absolute atomic E-state index is 0.250. The van der Waals surface area contributed by atoms with Gasteiger partial charge < -0.3 is 24.4 Å². The van der Waals surface area contributed by atoms with E-state index in [9.17, 15) is 29.0 Å². The summed E-state index contributed by atoms with van der Waals surface area (Å²) in [5, 5.41) is 20.9. The van der Waals surface area contributed by atoms with Gasteiger partial charge in [-0.2, -0.15) is 4.39 Å². The number of ether oxygens (including phenoxy) is 3. The third kappa shape index (κ3) is 5.85. The summed E-state index contributed by atoms with van der Waals surface area (Å²) >= 11 is 0. The van der Waals surface area contributed by atoms with Gasteiger partial charge in [0.05, 0.1) is 19.9 Å². The number of aliphatic hydroxyl groups excluding tert-OH is 2. The van der Waals surface area contributed by atoms with Crippen LogP contribution in [0, 0.1) is 5.82 Å². The first-order valence-electron chi connectivity index (χ1n) is 11.3. The van der Waals surface area contributed by atoms with Crippen LogP contribution in [0.25, 0.3) is 6.08 Å². The fraction of sp³-hybridized carbons (Fsp3) is 0.269. The van der Waals surface area contributed by atoms with E-state index in [1.807, 2.05) is 6.07 Å². The number of nitrogens with zero attached hydrogens (tertiary/aromatic N) is 2. The number of methoxy groups -OCH3 is 1. The zero-order valence-electron chi connectivity index (χ0n) is 19.8. The molecule has 2 aromatic carbocycles. The minimum Gasteiger partial charge on any atom is -0.497 e. The van der Waals surface area contributed by atoms with Crippen LogP contribution in [0.3, 0.4) is 0 Å². The van der Waals surface area contributed by atoms with Gasteiger partial charge in [0.25, 0.3) is 5.56 Å². The Labute approximate surface area is 210 Å². The third-order valence-corrected chi connectivity index (χ3v) is 5.87. The first kappa shape index (κ1) is 26.0. The number of hydrogen-bond acceptors (Lipinski definition) is 8. The number of rotatable bonds is 8. The highest BCUT2D eigenvalue weighted by atomic mass is 19.1. The fourth-order valence-electron chi connectivity index (χ4n) is 3.86. The van der Waals surface area contributed by atoms with E-state index in [-0.39, 0.29) is 6.54 Å². The molecule has 4 rings (SSSR count). The molecule has 0 unspecified atom stereocenters. The lowest BCUT2D eigenvalue weighted by Crippen LogP contribution is -2.44. The van der Waals surface area contributed by atoms with Crippen molar-refractivity contribution in [3.63, 3.8) is 0 Å². The van der Waals surface area contributed by atoms with Crippen LogP contribution in [0.4, 0.5) is 4.39 Å². The zero-order valence-corrected chi connectivity index (χ0v) is 19.8. The Morgan fingerprint density at radius 3 is 2.46 bits per heavy atom. The van der Waals surface area contributed by atoms with Crippen molar-refractivity contribution < 1.29 is 33.6 Å². The average molecular weight is 512 g/mol. The van der Waals surface area contributed by atoms with Crippen LogP contribution in [0.2, 0.25) is 0 Å². The number of halogens is 1. The topological polar surface area (TPSA) is 129 Å². The molecule has 0 radical (unpaired) electrons. The van der Waals surface area contributed by atoms with Crippen molar-refractivity contribution in [2.24, 2.45) is 0 Å². The van der Waals surface area contributed by atoms with E-state index in [0.29, 0.717) is 26.6 Å². The fourth-order valence-corrected chi connectivity index (χ4v) is 3.86. The molecule has 4 atom stereocenters. The van der Waals surface area contributed by atoms with Gasteiger partial charge in [0.15, 0.2) is 6.23 Å². The van der Waals surface area contributed by atoms with Crippen LogP contribution in [0.5, 0.6) is 5.75 Å². The highest BCUT2D eigenvalue weighted by Crippen LogP contribution is 2.28. The maximum absolute atomic E-state index is 14.5. The molecule has 3 aromatic rings. The van der Waals surface area contributed by atoms with Crippen molar-refractivity contribution in [3.05, 3.63) is 105 Å². The normalized spacial score (nSPS) is 21.3. The summed E-state index contributed by atoms with van der Waals surface area (Å²) in [5.41, 5.74) is -0.806. The number of aromatic nitrogens is 2. The number of aliphatic hydroxyl groups is 2. The van der Waals surface area contributed by atoms with Crippen LogP contribution in [-0.4, -0.2) is 57.3 Å². The molecule has 1 aromatic heterocycles. The monoisotopic (exact) mass is 512 g/mol. The number of carbonyl (C=O) groups excluding carboxylic acids is 1. The first-order valence-corrected chi connectivity index (χ1v) is 11.3. The molecule has 1 saturated heterocycles. The molecule has 2 heterocycles. The molecular formula is C26H25FN2O8. The molecule has 1 aliphatic rings. The van der Waals surface area contributed by atoms with Gasteiger partial charge in [-0.15, -0.1) is 0 Å². The van der Waals surface area contributed by atoms with Crippen molar-refractivity contribution in [1.82, 2.24) is 9.13 Å². The lowest BCUT2D eigenvalue weighted by Gasteiger charge is -2.19. The lowest BCUT2D eigenvalue weighted by molar-refractivity contribution is -0.144. The smallest absolute Gasteiger partial charge is 0.333 e. The predicted octanol–water partition coefficient (Wildman–Crippen LogP) is 1.08. The van der Waals surface area contributed by atoms with Crippen LogP contribution in [0.15, 0.2) is 76.5 Å². The number of benzene rings is 2. The molecule has 1 aliphatic heterocycles. The van der Waals surface area contributed by atoms with Gasteiger partial charge in [-0.05, 0) is 29.3 Å². The maximum Gasteiger partial charge on any atom is 0.333 e. The third-order valence-electron chi connectivity index (χ3n) is 5.87. The summed E-state index contributed by atoms with van der Waals surface area (Å²) in [4.78, 5) is 37.5. The quantitative estimate of drug-likeness (QED) is 0.339. The summed E-state index contributed by atoms with van der Waals surface area (Å²) in [5.74, 6) is -1.40. The average Bonchev–Trinajstić information content (AvgIpc) is 3.20. The van der Waals surface area contributed by atoms with Crippen molar-refractivity contribution in [1.29, 1.82) is 0 Å². The number of hydrogen-bond donors (Lipinski definition) is 2. The second kappa shape index (κ2) is 11.3. The van der Waals surface area contributed by atoms with E-state index in [1.165, 1.54) is 13.2 Å². The summed E-state index contributed by atoms with van der Waals surface area (Å²) in [6, 6.07) is 15.5. The zero-order chi connectivity index (χ0) is 26.5. The molecule has 37 heavy (non-hydrogen) atoms. The van der Waals surface area contributed by atoms with E-state index in [0.717, 1.165) is 5.56 Å². The minimum atomic E-state index is -1.66. The molecular weight excluding hydrogens is 487 g/mol. The Kier molecular flexibility index (Phi) is 7.97. The highest BCUT2D eigenvalue weighted by Gasteiger charge is 2.45. The van der Waals surface area contributed by atoms with Gasteiger partial charge in [0, 0.05) is 6.08 Å². The molecule has 10 nitrogen and oxygen atoms in total. The molecule has 194 valence electrons. The maximum atomic E-state index is 14.5. The molecule has 0 aliphatic carbocycles. The summed E-state index contributed by atoms with van der Waals surface area (Å²) in [6.45, 7) is -0.686. The Balaban J connectivity index is 1.49. The predicted molar refractivity (Wildman–Crippen MR) is 129 cm³/mol. The Hall–Kier alpha value is -4.06. The Morgan fingerprint density at radius 1 is 1.08 bits per heavy atom. The van der Waals surface area contributed by atoms with Crippen LogP contribution in [0.1, 0.15) is 17.4 Å². The molecule has 1 fully saturated rings. The molecule has 0 saturated carbocycles. The molecule has 2 N–H and O–H groups in total. The lowest BCUT2D eigenvalue weighted by atomic mass is 10.1. The molecule has 0 bridgehead atoms. The van der Waals surface area contributed by atoms with Gasteiger partial charge in [-0.3, -0.25) is 13.9 Å². The van der Waals surface area contributed by atoms with Gasteiger partial charge in [0.1, 0.15) is 30.7 Å². The van der Waals surface area contributed by atoms with Crippen LogP contribution in [-0.2, 0) is 20.8 Å². The van der Waals surface area contributed by atoms with Crippen molar-refractivity contribution in [3.8, 4) is 5.75 Å². The molecule has 11 heteroatoms. The summed E-state index contributed by atoms with van der Waals surface area (Å²) in [6.07, 6.45) is -2.58. The molecule has 0 amide bonds. The second-order valence-electron chi connectivity index (χ2n) is 8.33. The highest BCUT2D eigenvalue weighted by molar-refractivity contribution is 5.87. The Morgan fingerprint density at radius 2 is 1.78 bits per heavy atom. The summed E-state index contributed by atoms with van der Waals surface area (Å²) in [7, 11) is 1.49. The van der Waals surface area contributed by atoms with Gasteiger partial charge in [-0.1, -0.05) is 42.5 Å². The van der Waals surface area contributed by atoms with Gasteiger partial charge in [-0.25, -0.2) is 9.59 Å². The largest absolute Gasteiger partial charge is 0.497 e. The SMILES string of the molecule is COc1ccc(Cn2c(=O)c(F)cn([C@@H]3O[C@H](COC(=O)/C=C/c4ccccc4)[C@@H](O)[C@H]3O)c2=O)cc1. The van der Waals surface area contributed by atoms with Gasteiger partial charge >= 0.3 is 11.7 Å². The van der Waals surface area contributed by atoms with Crippen molar-refractivity contribution in [2.75, 3.05) is 13.7 Å². The number of esters is 1. The van der Waals surface area contributed by atoms with E-state index >= 15 is 0 Å². The van der Waals surface area contributed by atoms with Crippen molar-refractivity contribution in [2.45, 2.75) is 31.1 Å². The number of carbonyl (C=O) groups is 1. The first-order chi connectivity index (χ1) is 17.8. The Bertz CT molecular complexity index is 1380. The summed E-state index contributed by atoms with van der Waals surface area (Å²) < 4.78 is 31.6. The van der Waals surface area contributed by atoms with E-state index in [4.69, 9.17) is 14.2 Å². The van der Waals surface area contributed by atoms with Gasteiger partial charge in [0.2, 0.25) is 5.82 Å². The molecule has 0 spiro atoms. The van der Waals surface area contributed by atoms with Crippen LogP contribution >= 0.6 is 0 Å². The van der Waals surface area contributed by atoms with E-state index in [2.05, 4.69) is 0 Å². The second-order valence-corrected chi connectivity index (χ2v) is 8.33. The van der Waals surface area contributed by atoms with Crippen LogP contribution < -0.4 is 16.0 Å². The van der Waals surface area contributed by atoms with Crippen molar-refractivity contribution >= 4 is 12.0 Å². The standard InChI is InChI=1S/C26H25FN2O8/c1-35-18-10-7-17(8-11-18)13-28-24(33)19(27)14-29(26(28)34)25-23(32)22(31)20(37-25)15-36-21(30)12-9-16-5-3-2-4-6-16/h2-12,14,20,22-23,25,31-32H,13,15H2,1H3/b12-9+/t20-,22-,23-,25-/m1/s1. The van der Waals surface area contributed by atoms with E-state index in [1.54, 1.807) is 54.6 Å². The van der Waals surface area contributed by atoms with E-state index < -0.39 is 54.2 Å².